The van der Waals surface area contributed by atoms with Gasteiger partial charge in [-0.1, -0.05) is 4.47 Å². The van der Waals surface area contributed by atoms with Crippen molar-refractivity contribution < 1.29 is 18.0 Å². The highest BCUT2D eigenvalue weighted by molar-refractivity contribution is 7.89. The van der Waals surface area contributed by atoms with E-state index in [0.717, 1.165) is 10.9 Å². The van der Waals surface area contributed by atoms with Crippen molar-refractivity contribution in [1.82, 2.24) is 4.47 Å². The Kier molecular flexibility index (Phi) is 3.06. The van der Waals surface area contributed by atoms with E-state index >= 15 is 0 Å². The van der Waals surface area contributed by atoms with Gasteiger partial charge in [-0.2, -0.15) is 0 Å². The molecule has 2 aliphatic heterocycles. The lowest BCUT2D eigenvalue weighted by atomic mass is 10.2. The summed E-state index contributed by atoms with van der Waals surface area (Å²) >= 11 is 0. The van der Waals surface area contributed by atoms with Crippen molar-refractivity contribution >= 4 is 10.0 Å². The third kappa shape index (κ3) is 1.93. The molecule has 2 saturated heterocycles. The quantitative estimate of drug-likeness (QED) is 0.665. The standard InChI is InChI=1S/C8H15NO4S/c10-14(11,9-4-1-5-13-9)8-2-6-12-7-3-8/h8H,1-7H2. The summed E-state index contributed by atoms with van der Waals surface area (Å²) in [5.41, 5.74) is 0. The minimum Gasteiger partial charge on any atom is -0.381 e. The Labute approximate surface area is 84.0 Å². The second-order valence-corrected chi connectivity index (χ2v) is 5.67. The van der Waals surface area contributed by atoms with Crippen LogP contribution in [0.5, 0.6) is 0 Å². The summed E-state index contributed by atoms with van der Waals surface area (Å²) in [6, 6.07) is 0. The van der Waals surface area contributed by atoms with Gasteiger partial charge in [-0.15, -0.1) is 0 Å². The average Bonchev–Trinajstić information content (AvgIpc) is 2.72. The zero-order chi connectivity index (χ0) is 10.0. The van der Waals surface area contributed by atoms with E-state index in [2.05, 4.69) is 0 Å². The molecule has 0 N–H and O–H groups in total. The van der Waals surface area contributed by atoms with Gasteiger partial charge in [0, 0.05) is 19.8 Å². The van der Waals surface area contributed by atoms with Crippen molar-refractivity contribution in [2.75, 3.05) is 26.4 Å². The highest BCUT2D eigenvalue weighted by Gasteiger charge is 2.35. The lowest BCUT2D eigenvalue weighted by Crippen LogP contribution is -2.39. The molecule has 0 aromatic rings. The molecule has 0 unspecified atom stereocenters. The van der Waals surface area contributed by atoms with Gasteiger partial charge < -0.3 is 4.74 Å². The molecule has 0 atom stereocenters. The van der Waals surface area contributed by atoms with Gasteiger partial charge in [-0.3, -0.25) is 4.84 Å². The van der Waals surface area contributed by atoms with Crippen LogP contribution in [0.4, 0.5) is 0 Å². The third-order valence-electron chi connectivity index (χ3n) is 2.59. The molecule has 0 bridgehead atoms. The molecule has 0 saturated carbocycles. The van der Waals surface area contributed by atoms with Gasteiger partial charge in [0.15, 0.2) is 0 Å². The number of hydrogen-bond acceptors (Lipinski definition) is 4. The summed E-state index contributed by atoms with van der Waals surface area (Å²) in [4.78, 5) is 5.08. The van der Waals surface area contributed by atoms with Crippen LogP contribution in [0.1, 0.15) is 19.3 Å². The number of hydrogen-bond donors (Lipinski definition) is 0. The minimum absolute atomic E-state index is 0.311. The van der Waals surface area contributed by atoms with Gasteiger partial charge in [0.05, 0.1) is 11.9 Å². The second kappa shape index (κ2) is 4.14. The SMILES string of the molecule is O=S(=O)(C1CCOCC1)N1CCCO1. The molecule has 0 aromatic carbocycles. The Bertz CT molecular complexity index is 278. The molecule has 2 rings (SSSR count). The molecule has 82 valence electrons. The molecule has 2 fully saturated rings. The summed E-state index contributed by atoms with van der Waals surface area (Å²) in [6.07, 6.45) is 1.97. The van der Waals surface area contributed by atoms with E-state index in [0.29, 0.717) is 39.2 Å². The summed E-state index contributed by atoms with van der Waals surface area (Å²) in [5, 5.41) is -0.311. The van der Waals surface area contributed by atoms with Gasteiger partial charge >= 0.3 is 0 Å². The highest BCUT2D eigenvalue weighted by atomic mass is 32.2. The van der Waals surface area contributed by atoms with Crippen molar-refractivity contribution in [2.24, 2.45) is 0 Å². The molecule has 0 radical (unpaired) electrons. The van der Waals surface area contributed by atoms with E-state index < -0.39 is 10.0 Å². The summed E-state index contributed by atoms with van der Waals surface area (Å²) < 4.78 is 30.2. The highest BCUT2D eigenvalue weighted by Crippen LogP contribution is 2.22. The maximum atomic E-state index is 11.9. The number of ether oxygens (including phenoxy) is 1. The second-order valence-electron chi connectivity index (χ2n) is 3.57. The molecule has 0 spiro atoms. The molecule has 14 heavy (non-hydrogen) atoms. The van der Waals surface area contributed by atoms with Crippen LogP contribution in [-0.2, 0) is 19.6 Å². The van der Waals surface area contributed by atoms with Gasteiger partial charge in [-0.25, -0.2) is 8.42 Å². The van der Waals surface area contributed by atoms with E-state index in [1.165, 1.54) is 0 Å². The first-order chi connectivity index (χ1) is 6.71. The van der Waals surface area contributed by atoms with Crippen LogP contribution in [0, 0.1) is 0 Å². The topological polar surface area (TPSA) is 55.8 Å². The van der Waals surface area contributed by atoms with Gasteiger partial charge in [0.1, 0.15) is 0 Å². The number of rotatable bonds is 2. The molecular weight excluding hydrogens is 206 g/mol. The Morgan fingerprint density at radius 3 is 2.43 bits per heavy atom. The average molecular weight is 221 g/mol. The molecule has 2 heterocycles. The number of nitrogens with zero attached hydrogens (tertiary/aromatic N) is 1. The van der Waals surface area contributed by atoms with E-state index in [1.807, 2.05) is 0 Å². The fourth-order valence-corrected chi connectivity index (χ4v) is 3.49. The third-order valence-corrected chi connectivity index (χ3v) is 4.76. The Morgan fingerprint density at radius 2 is 1.86 bits per heavy atom. The molecule has 6 heteroatoms. The minimum atomic E-state index is -3.23. The lowest BCUT2D eigenvalue weighted by Gasteiger charge is -2.25. The summed E-state index contributed by atoms with van der Waals surface area (Å²) in [6.45, 7) is 2.09. The van der Waals surface area contributed by atoms with Gasteiger partial charge in [0.25, 0.3) is 0 Å². The molecule has 0 aromatic heterocycles. The Balaban J connectivity index is 2.05. The molecule has 0 amide bonds. The first-order valence-electron chi connectivity index (χ1n) is 4.93. The van der Waals surface area contributed by atoms with Crippen molar-refractivity contribution in [3.05, 3.63) is 0 Å². The van der Waals surface area contributed by atoms with Crippen molar-refractivity contribution in [3.8, 4) is 0 Å². The zero-order valence-electron chi connectivity index (χ0n) is 8.02. The first kappa shape index (κ1) is 10.4. The monoisotopic (exact) mass is 221 g/mol. The predicted octanol–water partition coefficient (Wildman–Crippen LogP) is 0.133. The maximum absolute atomic E-state index is 11.9. The van der Waals surface area contributed by atoms with Crippen LogP contribution in [0.2, 0.25) is 0 Å². The van der Waals surface area contributed by atoms with Gasteiger partial charge in [-0.05, 0) is 19.3 Å². The van der Waals surface area contributed by atoms with Gasteiger partial charge in [0.2, 0.25) is 10.0 Å². The van der Waals surface area contributed by atoms with Crippen LogP contribution in [0.15, 0.2) is 0 Å². The number of hydroxylamine groups is 1. The van der Waals surface area contributed by atoms with Crippen molar-refractivity contribution in [3.63, 3.8) is 0 Å². The van der Waals surface area contributed by atoms with E-state index in [1.54, 1.807) is 0 Å². The normalized spacial score (nSPS) is 26.9. The van der Waals surface area contributed by atoms with E-state index in [4.69, 9.17) is 9.57 Å². The fraction of sp³-hybridized carbons (Fsp3) is 1.00. The molecule has 0 aliphatic carbocycles. The van der Waals surface area contributed by atoms with Crippen LogP contribution in [0.25, 0.3) is 0 Å². The summed E-state index contributed by atoms with van der Waals surface area (Å²) in [5.74, 6) is 0. The smallest absolute Gasteiger partial charge is 0.239 e. The van der Waals surface area contributed by atoms with E-state index in [-0.39, 0.29) is 5.25 Å². The molecular formula is C8H15NO4S. The lowest BCUT2D eigenvalue weighted by molar-refractivity contribution is -0.0308. The Morgan fingerprint density at radius 1 is 1.14 bits per heavy atom. The molecule has 2 aliphatic rings. The first-order valence-corrected chi connectivity index (χ1v) is 6.44. The van der Waals surface area contributed by atoms with Crippen LogP contribution < -0.4 is 0 Å². The Hall–Kier alpha value is -0.170. The molecule has 5 nitrogen and oxygen atoms in total. The summed E-state index contributed by atoms with van der Waals surface area (Å²) in [7, 11) is -3.23. The van der Waals surface area contributed by atoms with E-state index in [9.17, 15) is 8.42 Å². The van der Waals surface area contributed by atoms with Crippen molar-refractivity contribution in [2.45, 2.75) is 24.5 Å². The zero-order valence-corrected chi connectivity index (χ0v) is 8.83. The largest absolute Gasteiger partial charge is 0.381 e. The fourth-order valence-electron chi connectivity index (χ4n) is 1.77. The van der Waals surface area contributed by atoms with Crippen LogP contribution in [0.3, 0.4) is 0 Å². The number of sulfonamides is 1. The van der Waals surface area contributed by atoms with Crippen molar-refractivity contribution in [1.29, 1.82) is 0 Å². The van der Waals surface area contributed by atoms with Crippen LogP contribution >= 0.6 is 0 Å². The van der Waals surface area contributed by atoms with Crippen LogP contribution in [-0.4, -0.2) is 44.5 Å². The predicted molar refractivity (Wildman–Crippen MR) is 50.0 cm³/mol. The maximum Gasteiger partial charge on any atom is 0.239 e.